The molecule has 2 aromatic heterocycles. The third kappa shape index (κ3) is 3.75. The van der Waals surface area contributed by atoms with Crippen LogP contribution in [0.2, 0.25) is 0 Å². The molecule has 0 bridgehead atoms. The van der Waals surface area contributed by atoms with Crippen LogP contribution in [-0.4, -0.2) is 15.7 Å². The van der Waals surface area contributed by atoms with Crippen LogP contribution >= 0.6 is 11.3 Å². The van der Waals surface area contributed by atoms with Gasteiger partial charge < -0.3 is 5.32 Å². The standard InChI is InChI=1S/C21H16F3N3OS/c1-27-17(11-16(26-27)12-5-2-3-6-13(12)22)18-9-10-19(29-18)21(28)25-20-14(23)7-4-8-15(20)24/h2-3,5-7,9-11H,4,8H2,1H3,(H,25,28). The first-order valence-corrected chi connectivity index (χ1v) is 9.71. The third-order valence-electron chi connectivity index (χ3n) is 4.55. The lowest BCUT2D eigenvalue weighted by Gasteiger charge is -2.12. The van der Waals surface area contributed by atoms with Gasteiger partial charge in [-0.3, -0.25) is 9.48 Å². The zero-order valence-corrected chi connectivity index (χ0v) is 16.2. The van der Waals surface area contributed by atoms with Crippen LogP contribution in [0.3, 0.4) is 0 Å². The van der Waals surface area contributed by atoms with Crippen molar-refractivity contribution in [3.63, 3.8) is 0 Å². The molecule has 0 saturated heterocycles. The van der Waals surface area contributed by atoms with Gasteiger partial charge in [0.05, 0.1) is 21.1 Å². The Morgan fingerprint density at radius 3 is 2.72 bits per heavy atom. The average Bonchev–Trinajstić information content (AvgIpc) is 3.32. The number of amides is 1. The SMILES string of the molecule is Cn1nc(-c2ccccc2F)cc1-c1ccc(C(=O)NC2=C(F)CCC=C2F)s1. The maximum absolute atomic E-state index is 14.0. The average molecular weight is 415 g/mol. The second-order valence-corrected chi connectivity index (χ2v) is 7.59. The number of aromatic nitrogens is 2. The van der Waals surface area contributed by atoms with Crippen molar-refractivity contribution in [3.05, 3.63) is 76.6 Å². The van der Waals surface area contributed by atoms with Gasteiger partial charge >= 0.3 is 0 Å². The summed E-state index contributed by atoms with van der Waals surface area (Å²) in [5, 5.41) is 6.67. The molecule has 4 rings (SSSR count). The molecule has 1 aliphatic carbocycles. The van der Waals surface area contributed by atoms with E-state index in [-0.39, 0.29) is 18.7 Å². The molecule has 29 heavy (non-hydrogen) atoms. The fourth-order valence-electron chi connectivity index (χ4n) is 3.08. The molecule has 1 amide bonds. The highest BCUT2D eigenvalue weighted by atomic mass is 32.1. The Bertz CT molecular complexity index is 1160. The number of nitrogens with one attached hydrogen (secondary N) is 1. The van der Waals surface area contributed by atoms with E-state index in [4.69, 9.17) is 0 Å². The Hall–Kier alpha value is -3.13. The Morgan fingerprint density at radius 2 is 1.97 bits per heavy atom. The lowest BCUT2D eigenvalue weighted by atomic mass is 10.1. The number of thiophene rings is 1. The van der Waals surface area contributed by atoms with Crippen LogP contribution in [0.15, 0.2) is 65.9 Å². The number of carbonyl (C=O) groups excluding carboxylic acids is 1. The van der Waals surface area contributed by atoms with E-state index in [2.05, 4.69) is 10.4 Å². The van der Waals surface area contributed by atoms with Crippen LogP contribution in [0.5, 0.6) is 0 Å². The van der Waals surface area contributed by atoms with Crippen molar-refractivity contribution in [3.8, 4) is 21.8 Å². The minimum Gasteiger partial charge on any atom is -0.317 e. The van der Waals surface area contributed by atoms with Crippen LogP contribution in [0.4, 0.5) is 13.2 Å². The number of benzene rings is 1. The summed E-state index contributed by atoms with van der Waals surface area (Å²) in [6.07, 6.45) is 1.58. The van der Waals surface area contributed by atoms with E-state index < -0.39 is 23.3 Å². The quantitative estimate of drug-likeness (QED) is 0.611. The highest BCUT2D eigenvalue weighted by Crippen LogP contribution is 2.32. The second kappa shape index (κ2) is 7.71. The molecule has 0 saturated carbocycles. The van der Waals surface area contributed by atoms with Gasteiger partial charge in [-0.1, -0.05) is 12.1 Å². The van der Waals surface area contributed by atoms with Crippen LogP contribution in [0.25, 0.3) is 21.8 Å². The van der Waals surface area contributed by atoms with Crippen molar-refractivity contribution in [2.24, 2.45) is 7.05 Å². The summed E-state index contributed by atoms with van der Waals surface area (Å²) in [5.74, 6) is -2.40. The number of hydrogen-bond donors (Lipinski definition) is 1. The number of hydrogen-bond acceptors (Lipinski definition) is 3. The van der Waals surface area contributed by atoms with Crippen molar-refractivity contribution in [1.29, 1.82) is 0 Å². The van der Waals surface area contributed by atoms with Gasteiger partial charge in [0.1, 0.15) is 23.2 Å². The van der Waals surface area contributed by atoms with Gasteiger partial charge in [0.15, 0.2) is 0 Å². The summed E-state index contributed by atoms with van der Waals surface area (Å²) in [5.41, 5.74) is 1.15. The van der Waals surface area contributed by atoms with Crippen molar-refractivity contribution in [1.82, 2.24) is 15.1 Å². The summed E-state index contributed by atoms with van der Waals surface area (Å²) in [6.45, 7) is 0. The number of carbonyl (C=O) groups is 1. The summed E-state index contributed by atoms with van der Waals surface area (Å²) in [6, 6.07) is 11.4. The third-order valence-corrected chi connectivity index (χ3v) is 5.65. The predicted octanol–water partition coefficient (Wildman–Crippen LogP) is 5.51. The lowest BCUT2D eigenvalue weighted by Crippen LogP contribution is -2.24. The van der Waals surface area contributed by atoms with Gasteiger partial charge in [0.2, 0.25) is 0 Å². The van der Waals surface area contributed by atoms with Crippen LogP contribution in [0.1, 0.15) is 22.5 Å². The minimum absolute atomic E-state index is 0.0621. The zero-order chi connectivity index (χ0) is 20.5. The summed E-state index contributed by atoms with van der Waals surface area (Å²) in [4.78, 5) is 13.5. The van der Waals surface area contributed by atoms with Crippen LogP contribution in [-0.2, 0) is 7.05 Å². The summed E-state index contributed by atoms with van der Waals surface area (Å²) < 4.78 is 43.3. The summed E-state index contributed by atoms with van der Waals surface area (Å²) in [7, 11) is 1.72. The Kier molecular flexibility index (Phi) is 5.10. The fraction of sp³-hybridized carbons (Fsp3) is 0.143. The molecule has 8 heteroatoms. The van der Waals surface area contributed by atoms with Gasteiger partial charge in [-0.15, -0.1) is 11.3 Å². The molecule has 3 aromatic rings. The van der Waals surface area contributed by atoms with Crippen molar-refractivity contribution >= 4 is 17.2 Å². The monoisotopic (exact) mass is 415 g/mol. The first-order chi connectivity index (χ1) is 13.9. The maximum Gasteiger partial charge on any atom is 0.265 e. The normalized spacial score (nSPS) is 14.1. The van der Waals surface area contributed by atoms with E-state index in [9.17, 15) is 18.0 Å². The van der Waals surface area contributed by atoms with Crippen molar-refractivity contribution < 1.29 is 18.0 Å². The molecule has 1 aromatic carbocycles. The molecule has 0 atom stereocenters. The molecule has 0 fully saturated rings. The topological polar surface area (TPSA) is 46.9 Å². The second-order valence-electron chi connectivity index (χ2n) is 6.51. The highest BCUT2D eigenvalue weighted by molar-refractivity contribution is 7.17. The molecule has 2 heterocycles. The van der Waals surface area contributed by atoms with E-state index in [1.807, 2.05) is 0 Å². The Morgan fingerprint density at radius 1 is 1.17 bits per heavy atom. The minimum atomic E-state index is -0.764. The highest BCUT2D eigenvalue weighted by Gasteiger charge is 2.21. The van der Waals surface area contributed by atoms with Gasteiger partial charge in [-0.2, -0.15) is 5.10 Å². The molecular weight excluding hydrogens is 399 g/mol. The maximum atomic E-state index is 14.0. The number of nitrogens with zero attached hydrogens (tertiary/aromatic N) is 2. The zero-order valence-electron chi connectivity index (χ0n) is 15.4. The van der Waals surface area contributed by atoms with Crippen LogP contribution < -0.4 is 5.32 Å². The van der Waals surface area contributed by atoms with E-state index in [1.165, 1.54) is 12.1 Å². The molecule has 1 N–H and O–H groups in total. The Balaban J connectivity index is 1.59. The number of halogens is 3. The largest absolute Gasteiger partial charge is 0.317 e. The number of rotatable bonds is 4. The molecule has 0 aliphatic heterocycles. The first kappa shape index (κ1) is 19.2. The molecule has 0 unspecified atom stereocenters. The summed E-state index contributed by atoms with van der Waals surface area (Å²) >= 11 is 1.16. The molecule has 148 valence electrons. The molecule has 0 radical (unpaired) electrons. The molecule has 4 nitrogen and oxygen atoms in total. The van der Waals surface area contributed by atoms with E-state index in [0.29, 0.717) is 21.8 Å². The Labute approximate surface area is 169 Å². The van der Waals surface area contributed by atoms with Gasteiger partial charge in [0, 0.05) is 19.0 Å². The first-order valence-electron chi connectivity index (χ1n) is 8.89. The van der Waals surface area contributed by atoms with E-state index in [1.54, 1.807) is 48.1 Å². The molecule has 1 aliphatic rings. The van der Waals surface area contributed by atoms with E-state index in [0.717, 1.165) is 16.2 Å². The van der Waals surface area contributed by atoms with Crippen molar-refractivity contribution in [2.75, 3.05) is 0 Å². The van der Waals surface area contributed by atoms with Gasteiger partial charge in [-0.05, 0) is 42.8 Å². The lowest BCUT2D eigenvalue weighted by molar-refractivity contribution is 0.0967. The number of aryl methyl sites for hydroxylation is 1. The van der Waals surface area contributed by atoms with Crippen molar-refractivity contribution in [2.45, 2.75) is 12.8 Å². The van der Waals surface area contributed by atoms with Gasteiger partial charge in [0.25, 0.3) is 5.91 Å². The van der Waals surface area contributed by atoms with Gasteiger partial charge in [-0.25, -0.2) is 13.2 Å². The molecular formula is C21H16F3N3OS. The fourth-order valence-corrected chi connectivity index (χ4v) is 4.03. The molecule has 0 spiro atoms. The predicted molar refractivity (Wildman–Crippen MR) is 106 cm³/mol. The van der Waals surface area contributed by atoms with E-state index >= 15 is 0 Å². The van der Waals surface area contributed by atoms with Crippen LogP contribution in [0, 0.1) is 5.82 Å². The number of allylic oxidation sites excluding steroid dienone is 3. The smallest absolute Gasteiger partial charge is 0.265 e.